The van der Waals surface area contributed by atoms with Crippen molar-refractivity contribution >= 4 is 51.8 Å². The predicted molar refractivity (Wildman–Crippen MR) is 143 cm³/mol. The summed E-state index contributed by atoms with van der Waals surface area (Å²) in [5, 5.41) is 6.72. The standard InChI is InChI=1S/C27H24NO3P.BrH/c29-27(28-21-16-17-25-26(18-21)31-20-30-25)19-32(22-10-4-1-5-11-22,23-12-6-2-7-13-23)24-14-8-3-9-15-24;/h1-18,32H,19-20H2,(H,28,29);1H. The van der Waals surface area contributed by atoms with Crippen molar-refractivity contribution in [3.05, 3.63) is 109 Å². The third-order valence-electron chi connectivity index (χ3n) is 5.88. The van der Waals surface area contributed by atoms with Gasteiger partial charge >= 0.3 is 188 Å². The van der Waals surface area contributed by atoms with Crippen LogP contribution >= 0.6 is 24.2 Å². The molecule has 0 spiro atoms. The van der Waals surface area contributed by atoms with Crippen molar-refractivity contribution in [2.75, 3.05) is 18.3 Å². The first-order valence-electron chi connectivity index (χ1n) is 10.6. The first-order chi connectivity index (χ1) is 15.8. The van der Waals surface area contributed by atoms with Crippen molar-refractivity contribution in [2.24, 2.45) is 0 Å². The van der Waals surface area contributed by atoms with Crippen LogP contribution in [0.15, 0.2) is 109 Å². The molecule has 0 bridgehead atoms. The van der Waals surface area contributed by atoms with Crippen LogP contribution in [0.5, 0.6) is 11.5 Å². The van der Waals surface area contributed by atoms with Crippen LogP contribution in [0.4, 0.5) is 5.69 Å². The van der Waals surface area contributed by atoms with Gasteiger partial charge in [-0.15, -0.1) is 17.0 Å². The molecule has 4 aromatic carbocycles. The quantitative estimate of drug-likeness (QED) is 0.375. The summed E-state index contributed by atoms with van der Waals surface area (Å²) in [4.78, 5) is 13.5. The molecule has 1 aliphatic rings. The zero-order chi connectivity index (χ0) is 21.8. The minimum atomic E-state index is -2.63. The number of carbonyl (C=O) groups is 1. The third-order valence-corrected chi connectivity index (χ3v) is 10.7. The first-order valence-corrected chi connectivity index (χ1v) is 12.8. The molecule has 4 aromatic rings. The second-order valence-corrected chi connectivity index (χ2v) is 11.7. The zero-order valence-electron chi connectivity index (χ0n) is 17.9. The monoisotopic (exact) mass is 521 g/mol. The summed E-state index contributed by atoms with van der Waals surface area (Å²) in [6.07, 6.45) is 0.388. The van der Waals surface area contributed by atoms with Gasteiger partial charge in [-0.05, 0) is 0 Å². The van der Waals surface area contributed by atoms with Crippen LogP contribution in [0, 0.1) is 0 Å². The third kappa shape index (κ3) is 4.66. The van der Waals surface area contributed by atoms with E-state index in [1.807, 2.05) is 36.4 Å². The molecule has 1 aliphatic heterocycles. The number of fused-ring (bicyclic) bond motifs is 1. The molecule has 6 heteroatoms. The molecule has 1 N–H and O–H groups in total. The van der Waals surface area contributed by atoms with Gasteiger partial charge in [0, 0.05) is 0 Å². The number of carbonyl (C=O) groups excluding carboxylic acids is 1. The van der Waals surface area contributed by atoms with Gasteiger partial charge in [0.1, 0.15) is 0 Å². The van der Waals surface area contributed by atoms with Crippen LogP contribution < -0.4 is 30.7 Å². The van der Waals surface area contributed by atoms with Crippen LogP contribution in [0.25, 0.3) is 0 Å². The van der Waals surface area contributed by atoms with E-state index in [0.29, 0.717) is 23.3 Å². The fourth-order valence-electron chi connectivity index (χ4n) is 4.39. The molecule has 5 rings (SSSR count). The number of rotatable bonds is 6. The maximum atomic E-state index is 13.5. The molecule has 0 unspecified atom stereocenters. The number of halogens is 1. The molecule has 0 aromatic heterocycles. The Morgan fingerprint density at radius 3 is 1.70 bits per heavy atom. The predicted octanol–water partition coefficient (Wildman–Crippen LogP) is 4.66. The molecule has 4 nitrogen and oxygen atoms in total. The molecule has 0 aliphatic carbocycles. The molecule has 168 valence electrons. The molecule has 1 heterocycles. The summed E-state index contributed by atoms with van der Waals surface area (Å²) in [6, 6.07) is 36.8. The molecule has 0 radical (unpaired) electrons. The van der Waals surface area contributed by atoms with E-state index in [1.54, 1.807) is 0 Å². The van der Waals surface area contributed by atoms with Crippen LogP contribution in [0.1, 0.15) is 0 Å². The van der Waals surface area contributed by atoms with Gasteiger partial charge in [-0.1, -0.05) is 0 Å². The second kappa shape index (κ2) is 10.2. The zero-order valence-corrected chi connectivity index (χ0v) is 20.7. The number of anilines is 1. The van der Waals surface area contributed by atoms with Gasteiger partial charge in [0.05, 0.1) is 0 Å². The average molecular weight is 522 g/mol. The minimum absolute atomic E-state index is 0. The average Bonchev–Trinajstić information content (AvgIpc) is 3.32. The summed E-state index contributed by atoms with van der Waals surface area (Å²) in [6.45, 7) is 0.207. The van der Waals surface area contributed by atoms with E-state index < -0.39 is 7.26 Å². The van der Waals surface area contributed by atoms with Crippen molar-refractivity contribution in [1.82, 2.24) is 0 Å². The Balaban J connectivity index is 0.00000259. The number of ether oxygens (including phenoxy) is 2. The van der Waals surface area contributed by atoms with Gasteiger partial charge < -0.3 is 0 Å². The van der Waals surface area contributed by atoms with Gasteiger partial charge in [-0.25, -0.2) is 0 Å². The molecule has 1 amide bonds. The van der Waals surface area contributed by atoms with Crippen LogP contribution in [0.2, 0.25) is 0 Å². The Bertz CT molecular complexity index is 1120. The van der Waals surface area contributed by atoms with Crippen molar-refractivity contribution < 1.29 is 14.3 Å². The molecular formula is C27H25BrNO3P. The van der Waals surface area contributed by atoms with E-state index >= 15 is 0 Å². The van der Waals surface area contributed by atoms with E-state index in [9.17, 15) is 4.79 Å². The summed E-state index contributed by atoms with van der Waals surface area (Å²) in [7, 11) is -2.63. The van der Waals surface area contributed by atoms with Gasteiger partial charge in [0.2, 0.25) is 0 Å². The second-order valence-electron chi connectivity index (χ2n) is 7.80. The topological polar surface area (TPSA) is 47.6 Å². The number of amides is 1. The first kappa shape index (κ1) is 23.0. The van der Waals surface area contributed by atoms with Gasteiger partial charge in [0.15, 0.2) is 0 Å². The fourth-order valence-corrected chi connectivity index (χ4v) is 8.86. The van der Waals surface area contributed by atoms with Gasteiger partial charge in [0.25, 0.3) is 0 Å². The Hall–Kier alpha value is -3.14. The number of nitrogens with one attached hydrogen (secondary N) is 1. The van der Waals surface area contributed by atoms with E-state index in [4.69, 9.17) is 9.47 Å². The molecule has 0 fully saturated rings. The van der Waals surface area contributed by atoms with E-state index in [1.165, 1.54) is 15.9 Å². The molecule has 0 saturated heterocycles. The summed E-state index contributed by atoms with van der Waals surface area (Å²) >= 11 is 0. The molecule has 0 saturated carbocycles. The number of benzene rings is 4. The Morgan fingerprint density at radius 2 is 1.18 bits per heavy atom. The number of hydrogen-bond donors (Lipinski definition) is 1. The molecular weight excluding hydrogens is 497 g/mol. The fraction of sp³-hybridized carbons (Fsp3) is 0.0741. The maximum absolute atomic E-state index is 13.5. The van der Waals surface area contributed by atoms with Gasteiger partial charge in [-0.2, -0.15) is 0 Å². The summed E-state index contributed by atoms with van der Waals surface area (Å²) in [5.74, 6) is 1.33. The van der Waals surface area contributed by atoms with Crippen molar-refractivity contribution in [3.8, 4) is 11.5 Å². The van der Waals surface area contributed by atoms with Crippen LogP contribution in [-0.2, 0) is 4.79 Å². The van der Waals surface area contributed by atoms with Crippen molar-refractivity contribution in [3.63, 3.8) is 0 Å². The number of hydrogen-bond acceptors (Lipinski definition) is 3. The van der Waals surface area contributed by atoms with E-state index in [0.717, 1.165) is 0 Å². The SMILES string of the molecule is Br.O=C(C[PH](c1ccccc1)(c1ccccc1)c1ccccc1)Nc1ccc2c(c1)OCO2. The molecule has 0 atom stereocenters. The van der Waals surface area contributed by atoms with E-state index in [-0.39, 0.29) is 29.7 Å². The van der Waals surface area contributed by atoms with Crippen molar-refractivity contribution in [2.45, 2.75) is 0 Å². The Kier molecular flexibility index (Phi) is 7.12. The summed E-state index contributed by atoms with van der Waals surface area (Å²) in [5.41, 5.74) is 0.705. The van der Waals surface area contributed by atoms with Crippen LogP contribution in [0.3, 0.4) is 0 Å². The molecule has 33 heavy (non-hydrogen) atoms. The van der Waals surface area contributed by atoms with Gasteiger partial charge in [-0.3, -0.25) is 0 Å². The van der Waals surface area contributed by atoms with E-state index in [2.05, 4.69) is 78.1 Å². The summed E-state index contributed by atoms with van der Waals surface area (Å²) < 4.78 is 10.8. The Morgan fingerprint density at radius 1 is 0.697 bits per heavy atom. The normalized spacial score (nSPS) is 12.5. The Labute approximate surface area is 204 Å². The van der Waals surface area contributed by atoms with Crippen molar-refractivity contribution in [1.29, 1.82) is 0 Å². The van der Waals surface area contributed by atoms with Crippen LogP contribution in [-0.4, -0.2) is 18.9 Å².